The van der Waals surface area contributed by atoms with Crippen LogP contribution in [0.1, 0.15) is 234 Å². The summed E-state index contributed by atoms with van der Waals surface area (Å²) in [4.78, 5) is 24.7. The highest BCUT2D eigenvalue weighted by molar-refractivity contribution is 5.69. The van der Waals surface area contributed by atoms with Crippen LogP contribution in [0.3, 0.4) is 0 Å². The van der Waals surface area contributed by atoms with Gasteiger partial charge in [0.1, 0.15) is 0 Å². The van der Waals surface area contributed by atoms with Gasteiger partial charge in [-0.3, -0.25) is 9.59 Å². The van der Waals surface area contributed by atoms with Gasteiger partial charge in [0.05, 0.1) is 25.4 Å². The average Bonchev–Trinajstić information content (AvgIpc) is 3.17. The van der Waals surface area contributed by atoms with E-state index in [1.165, 1.54) is 116 Å². The van der Waals surface area contributed by atoms with Crippen molar-refractivity contribution in [3.63, 3.8) is 0 Å². The predicted octanol–water partition coefficient (Wildman–Crippen LogP) is 12.4. The molecule has 0 aromatic carbocycles. The lowest BCUT2D eigenvalue weighted by molar-refractivity contribution is -0.146. The molecule has 0 spiro atoms. The van der Waals surface area contributed by atoms with E-state index in [0.29, 0.717) is 45.3 Å². The fraction of sp³-hybridized carbons (Fsp3) is 0.957. The summed E-state index contributed by atoms with van der Waals surface area (Å²) in [6, 6.07) is 0. The second kappa shape index (κ2) is 40.0. The zero-order valence-corrected chi connectivity index (χ0v) is 36.7. The van der Waals surface area contributed by atoms with E-state index in [1.54, 1.807) is 0 Å². The Morgan fingerprint density at radius 3 is 1.48 bits per heavy atom. The lowest BCUT2D eigenvalue weighted by Crippen LogP contribution is -2.31. The Morgan fingerprint density at radius 1 is 0.500 bits per heavy atom. The molecule has 322 valence electrons. The summed E-state index contributed by atoms with van der Waals surface area (Å²) in [7, 11) is 0. The fourth-order valence-corrected chi connectivity index (χ4v) is 7.71. The molecule has 0 aromatic heterocycles. The van der Waals surface area contributed by atoms with Crippen LogP contribution in [0.25, 0.3) is 0 Å². The summed E-state index contributed by atoms with van der Waals surface area (Å²) >= 11 is 0. The molecule has 7 heteroatoms. The van der Waals surface area contributed by atoms with E-state index in [9.17, 15) is 19.8 Å². The number of aliphatic hydroxyl groups excluding tert-OH is 2. The summed E-state index contributed by atoms with van der Waals surface area (Å²) in [6.45, 7) is 13.1. The van der Waals surface area contributed by atoms with Crippen LogP contribution in [0.2, 0.25) is 0 Å². The second-order valence-electron chi connectivity index (χ2n) is 16.7. The maximum atomic E-state index is 12.5. The van der Waals surface area contributed by atoms with E-state index < -0.39 is 12.2 Å². The normalized spacial score (nSPS) is 14.4. The number of hydrogen-bond donors (Lipinski definition) is 3. The summed E-state index contributed by atoms with van der Waals surface area (Å²) in [5.41, 5.74) is 0. The summed E-state index contributed by atoms with van der Waals surface area (Å²) in [6.07, 6.45) is 33.3. The third-order valence-electron chi connectivity index (χ3n) is 11.5. The lowest BCUT2D eigenvalue weighted by atomic mass is 9.90. The Bertz CT molecular complexity index is 809. The van der Waals surface area contributed by atoms with Gasteiger partial charge in [0.15, 0.2) is 0 Å². The molecule has 0 aliphatic heterocycles. The molecule has 0 saturated carbocycles. The number of esters is 2. The summed E-state index contributed by atoms with van der Waals surface area (Å²) in [5.74, 6) is 1.25. The average molecular weight is 768 g/mol. The molecule has 0 fully saturated rings. The monoisotopic (exact) mass is 768 g/mol. The smallest absolute Gasteiger partial charge is 0.305 e. The molecule has 0 aliphatic carbocycles. The molecule has 3 N–H and O–H groups in total. The number of carbonyl (C=O) groups is 2. The van der Waals surface area contributed by atoms with Gasteiger partial charge in [-0.05, 0) is 63.3 Å². The first-order chi connectivity index (χ1) is 26.3. The number of rotatable bonds is 42. The number of nitrogens with one attached hydrogen (secondary N) is 1. The van der Waals surface area contributed by atoms with Crippen molar-refractivity contribution in [3.8, 4) is 0 Å². The van der Waals surface area contributed by atoms with Gasteiger partial charge in [-0.1, -0.05) is 176 Å². The van der Waals surface area contributed by atoms with Crippen LogP contribution in [0, 0.1) is 17.8 Å². The number of ether oxygens (including phenoxy) is 2. The molecule has 0 amide bonds. The van der Waals surface area contributed by atoms with Crippen LogP contribution in [-0.4, -0.2) is 60.7 Å². The molecule has 7 nitrogen and oxygen atoms in total. The zero-order chi connectivity index (χ0) is 39.9. The van der Waals surface area contributed by atoms with Crippen LogP contribution >= 0.6 is 0 Å². The van der Waals surface area contributed by atoms with Gasteiger partial charge in [-0.15, -0.1) is 0 Å². The molecule has 0 radical (unpaired) electrons. The Kier molecular flexibility index (Phi) is 39.2. The highest BCUT2D eigenvalue weighted by Gasteiger charge is 2.21. The third kappa shape index (κ3) is 34.1. The van der Waals surface area contributed by atoms with Crippen molar-refractivity contribution in [2.75, 3.05) is 26.3 Å². The first-order valence-corrected chi connectivity index (χ1v) is 23.7. The summed E-state index contributed by atoms with van der Waals surface area (Å²) in [5, 5.41) is 24.5. The third-order valence-corrected chi connectivity index (χ3v) is 11.5. The fourth-order valence-electron chi connectivity index (χ4n) is 7.71. The minimum atomic E-state index is -0.540. The first kappa shape index (κ1) is 52.8. The van der Waals surface area contributed by atoms with Crippen molar-refractivity contribution in [3.05, 3.63) is 0 Å². The second-order valence-corrected chi connectivity index (χ2v) is 16.7. The van der Waals surface area contributed by atoms with Crippen molar-refractivity contribution in [1.82, 2.24) is 5.32 Å². The van der Waals surface area contributed by atoms with Gasteiger partial charge in [0.25, 0.3) is 0 Å². The zero-order valence-electron chi connectivity index (χ0n) is 36.7. The van der Waals surface area contributed by atoms with E-state index in [1.807, 2.05) is 6.92 Å². The van der Waals surface area contributed by atoms with Crippen molar-refractivity contribution >= 4 is 11.9 Å². The van der Waals surface area contributed by atoms with Crippen LogP contribution in [0.4, 0.5) is 0 Å². The van der Waals surface area contributed by atoms with Crippen molar-refractivity contribution in [2.24, 2.45) is 17.8 Å². The Labute approximate surface area is 335 Å². The molecular formula is C47H93NO6. The van der Waals surface area contributed by atoms with Crippen LogP contribution in [-0.2, 0) is 19.1 Å². The van der Waals surface area contributed by atoms with Crippen molar-refractivity contribution in [2.45, 2.75) is 246 Å². The molecule has 0 saturated heterocycles. The minimum absolute atomic E-state index is 0.0459. The molecule has 5 atom stereocenters. The van der Waals surface area contributed by atoms with Crippen molar-refractivity contribution in [1.29, 1.82) is 0 Å². The van der Waals surface area contributed by atoms with Gasteiger partial charge >= 0.3 is 11.9 Å². The number of aliphatic hydroxyl groups is 2. The number of carbonyl (C=O) groups excluding carboxylic acids is 2. The van der Waals surface area contributed by atoms with Crippen molar-refractivity contribution < 1.29 is 29.3 Å². The topological polar surface area (TPSA) is 105 Å². The lowest BCUT2D eigenvalue weighted by Gasteiger charge is -2.23. The molecule has 54 heavy (non-hydrogen) atoms. The number of hydrogen-bond acceptors (Lipinski definition) is 7. The Hall–Kier alpha value is -1.18. The van der Waals surface area contributed by atoms with Gasteiger partial charge in [0.2, 0.25) is 0 Å². The van der Waals surface area contributed by atoms with E-state index in [4.69, 9.17) is 9.47 Å². The minimum Gasteiger partial charge on any atom is -0.466 e. The molecule has 5 unspecified atom stereocenters. The van der Waals surface area contributed by atoms with E-state index in [0.717, 1.165) is 69.7 Å². The van der Waals surface area contributed by atoms with Crippen LogP contribution < -0.4 is 5.32 Å². The Balaban J connectivity index is 4.02. The largest absolute Gasteiger partial charge is 0.466 e. The maximum Gasteiger partial charge on any atom is 0.305 e. The quantitative estimate of drug-likeness (QED) is 0.0419. The molecular weight excluding hydrogens is 675 g/mol. The molecule has 0 bridgehead atoms. The Morgan fingerprint density at radius 2 is 0.963 bits per heavy atom. The first-order valence-electron chi connectivity index (χ1n) is 23.7. The van der Waals surface area contributed by atoms with Gasteiger partial charge in [0, 0.05) is 25.3 Å². The molecule has 0 aromatic rings. The van der Waals surface area contributed by atoms with E-state index in [2.05, 4.69) is 33.0 Å². The SMILES string of the molecule is CCCCCCC(CCCC)CCCCC(=O)OCCCCCCNCC(O)CCC(COC(=O)CCCCC(CCCC)CCCCCC)C(O)CC. The van der Waals surface area contributed by atoms with E-state index >= 15 is 0 Å². The van der Waals surface area contributed by atoms with E-state index in [-0.39, 0.29) is 24.5 Å². The highest BCUT2D eigenvalue weighted by Crippen LogP contribution is 2.25. The molecule has 0 heterocycles. The maximum absolute atomic E-state index is 12.5. The van der Waals surface area contributed by atoms with Crippen LogP contribution in [0.15, 0.2) is 0 Å². The van der Waals surface area contributed by atoms with Gasteiger partial charge in [-0.25, -0.2) is 0 Å². The number of unbranched alkanes of at least 4 members (excludes halogenated alkanes) is 13. The molecule has 0 aliphatic rings. The highest BCUT2D eigenvalue weighted by atomic mass is 16.5. The standard InChI is InChI=1S/C47H93NO6/c1-6-11-15-19-29-41(27-13-8-3)31-21-23-33-46(51)53-38-26-18-17-25-37-48-39-44(49)36-35-43(45(50)10-5)40-54-47(52)34-24-22-32-42(28-14-9-4)30-20-16-12-7-2/h41-45,48-50H,6-40H2,1-5H3. The summed E-state index contributed by atoms with van der Waals surface area (Å²) < 4.78 is 11.1. The molecule has 0 rings (SSSR count). The van der Waals surface area contributed by atoms with Gasteiger partial charge in [-0.2, -0.15) is 0 Å². The van der Waals surface area contributed by atoms with Gasteiger partial charge < -0.3 is 25.0 Å². The van der Waals surface area contributed by atoms with Crippen LogP contribution in [0.5, 0.6) is 0 Å². The predicted molar refractivity (Wildman–Crippen MR) is 229 cm³/mol.